The first kappa shape index (κ1) is 17.1. The fourth-order valence-electron chi connectivity index (χ4n) is 3.71. The zero-order valence-corrected chi connectivity index (χ0v) is 15.5. The third-order valence-electron chi connectivity index (χ3n) is 5.27. The molecule has 1 saturated heterocycles. The van der Waals surface area contributed by atoms with Crippen LogP contribution in [0.5, 0.6) is 0 Å². The average molecular weight is 368 g/mol. The number of H-pyrrole nitrogens is 1. The molecule has 0 radical (unpaired) electrons. The summed E-state index contributed by atoms with van der Waals surface area (Å²) >= 11 is 6.10. The topological polar surface area (TPSA) is 39.3 Å². The fourth-order valence-corrected chi connectivity index (χ4v) is 3.89. The number of nitrogens with one attached hydrogen (secondary N) is 1. The first-order chi connectivity index (χ1) is 12.6. The van der Waals surface area contributed by atoms with Gasteiger partial charge in [-0.05, 0) is 31.2 Å². The number of aromatic nitrogens is 1. The van der Waals surface area contributed by atoms with Crippen molar-refractivity contribution >= 4 is 34.0 Å². The molecule has 4 rings (SSSR count). The maximum atomic E-state index is 13.0. The number of carbonyl (C=O) groups excluding carboxylic acids is 1. The average Bonchev–Trinajstić information content (AvgIpc) is 3.11. The molecule has 5 heteroatoms. The Morgan fingerprint density at radius 3 is 2.62 bits per heavy atom. The number of carbonyl (C=O) groups is 1. The van der Waals surface area contributed by atoms with Gasteiger partial charge in [-0.15, -0.1) is 0 Å². The summed E-state index contributed by atoms with van der Waals surface area (Å²) < 4.78 is 0. The van der Waals surface area contributed by atoms with E-state index in [9.17, 15) is 4.79 Å². The summed E-state index contributed by atoms with van der Waals surface area (Å²) in [6.45, 7) is 5.53. The number of ketones is 1. The number of aromatic amines is 1. The number of Topliss-reactive ketones (excluding diaryl/α,β-unsaturated/α-hetero) is 1. The molecule has 1 aromatic heterocycles. The summed E-state index contributed by atoms with van der Waals surface area (Å²) in [5.41, 5.74) is 2.94. The second kappa shape index (κ2) is 7.14. The van der Waals surface area contributed by atoms with Crippen LogP contribution < -0.4 is 4.90 Å². The van der Waals surface area contributed by atoms with Gasteiger partial charge in [0.05, 0.1) is 6.04 Å². The number of para-hydroxylation sites is 1. The Bertz CT molecular complexity index is 928. The predicted octanol–water partition coefficient (Wildman–Crippen LogP) is 4.21. The van der Waals surface area contributed by atoms with E-state index in [4.69, 9.17) is 11.6 Å². The summed E-state index contributed by atoms with van der Waals surface area (Å²) in [7, 11) is 0. The second-order valence-electron chi connectivity index (χ2n) is 6.79. The normalized spacial score (nSPS) is 16.8. The number of rotatable bonds is 4. The summed E-state index contributed by atoms with van der Waals surface area (Å²) in [6, 6.07) is 15.8. The van der Waals surface area contributed by atoms with Gasteiger partial charge in [0.15, 0.2) is 5.78 Å². The van der Waals surface area contributed by atoms with Crippen molar-refractivity contribution in [1.29, 1.82) is 0 Å². The molecule has 134 valence electrons. The Morgan fingerprint density at radius 1 is 1.08 bits per heavy atom. The van der Waals surface area contributed by atoms with Gasteiger partial charge in [0.2, 0.25) is 0 Å². The van der Waals surface area contributed by atoms with Gasteiger partial charge >= 0.3 is 0 Å². The highest BCUT2D eigenvalue weighted by Gasteiger charge is 2.27. The number of nitrogens with zero attached hydrogens (tertiary/aromatic N) is 2. The molecule has 26 heavy (non-hydrogen) atoms. The van der Waals surface area contributed by atoms with Crippen LogP contribution >= 0.6 is 11.6 Å². The Balaban J connectivity index is 1.45. The number of halogens is 1. The molecular weight excluding hydrogens is 346 g/mol. The molecule has 3 aromatic rings. The number of benzene rings is 2. The molecule has 0 amide bonds. The third-order valence-corrected chi connectivity index (χ3v) is 5.50. The SMILES string of the molecule is C[C@H](C(=O)c1c[nH]c2ccccc12)N1CCN(c2cccc(Cl)c2)CC1. The largest absolute Gasteiger partial charge is 0.369 e. The number of anilines is 1. The monoisotopic (exact) mass is 367 g/mol. The van der Waals surface area contributed by atoms with Crippen molar-refractivity contribution in [1.82, 2.24) is 9.88 Å². The molecule has 0 saturated carbocycles. The van der Waals surface area contributed by atoms with E-state index in [1.165, 1.54) is 0 Å². The summed E-state index contributed by atoms with van der Waals surface area (Å²) in [6.07, 6.45) is 1.84. The highest BCUT2D eigenvalue weighted by molar-refractivity contribution is 6.30. The molecule has 1 atom stereocenters. The molecule has 1 aliphatic rings. The fraction of sp³-hybridized carbons (Fsp3) is 0.286. The van der Waals surface area contributed by atoms with E-state index >= 15 is 0 Å². The van der Waals surface area contributed by atoms with Crippen molar-refractivity contribution in [3.63, 3.8) is 0 Å². The molecule has 0 spiro atoms. The van der Waals surface area contributed by atoms with Gasteiger partial charge in [0.1, 0.15) is 0 Å². The number of hydrogen-bond donors (Lipinski definition) is 1. The van der Waals surface area contributed by atoms with Crippen LogP contribution in [0.1, 0.15) is 17.3 Å². The Hall–Kier alpha value is -2.30. The van der Waals surface area contributed by atoms with Crippen LogP contribution in [0.3, 0.4) is 0 Å². The van der Waals surface area contributed by atoms with E-state index in [0.717, 1.165) is 53.4 Å². The van der Waals surface area contributed by atoms with Crippen molar-refractivity contribution in [2.75, 3.05) is 31.1 Å². The van der Waals surface area contributed by atoms with E-state index in [2.05, 4.69) is 20.9 Å². The Labute approximate surface area is 158 Å². The van der Waals surface area contributed by atoms with Gasteiger partial charge in [0.25, 0.3) is 0 Å². The zero-order chi connectivity index (χ0) is 18.1. The minimum atomic E-state index is -0.129. The molecule has 1 aliphatic heterocycles. The van der Waals surface area contributed by atoms with E-state index in [1.54, 1.807) is 0 Å². The molecule has 0 bridgehead atoms. The molecule has 2 heterocycles. The molecule has 0 unspecified atom stereocenters. The first-order valence-corrected chi connectivity index (χ1v) is 9.36. The lowest BCUT2D eigenvalue weighted by Gasteiger charge is -2.38. The van der Waals surface area contributed by atoms with E-state index in [0.29, 0.717) is 0 Å². The van der Waals surface area contributed by atoms with E-state index < -0.39 is 0 Å². The van der Waals surface area contributed by atoms with Gasteiger partial charge in [0, 0.05) is 59.6 Å². The lowest BCUT2D eigenvalue weighted by molar-refractivity contribution is 0.0831. The number of piperazine rings is 1. The molecule has 1 fully saturated rings. The Morgan fingerprint density at radius 2 is 1.85 bits per heavy atom. The van der Waals surface area contributed by atoms with Gasteiger partial charge in [-0.2, -0.15) is 0 Å². The first-order valence-electron chi connectivity index (χ1n) is 8.98. The minimum absolute atomic E-state index is 0.129. The lowest BCUT2D eigenvalue weighted by atomic mass is 10.0. The second-order valence-corrected chi connectivity index (χ2v) is 7.23. The van der Waals surface area contributed by atoms with Crippen LogP contribution in [-0.2, 0) is 0 Å². The molecule has 0 aliphatic carbocycles. The quantitative estimate of drug-likeness (QED) is 0.702. The van der Waals surface area contributed by atoms with Crippen LogP contribution in [-0.4, -0.2) is 47.9 Å². The van der Waals surface area contributed by atoms with Crippen molar-refractivity contribution in [3.05, 3.63) is 65.3 Å². The molecule has 2 aromatic carbocycles. The number of hydrogen-bond acceptors (Lipinski definition) is 3. The van der Waals surface area contributed by atoms with Crippen molar-refractivity contribution in [2.24, 2.45) is 0 Å². The van der Waals surface area contributed by atoms with Gasteiger partial charge in [-0.3, -0.25) is 9.69 Å². The molecular formula is C21H22ClN3O. The minimum Gasteiger partial charge on any atom is -0.369 e. The highest BCUT2D eigenvalue weighted by atomic mass is 35.5. The van der Waals surface area contributed by atoms with Gasteiger partial charge in [-0.25, -0.2) is 0 Å². The molecule has 4 nitrogen and oxygen atoms in total. The van der Waals surface area contributed by atoms with Gasteiger partial charge < -0.3 is 9.88 Å². The van der Waals surface area contributed by atoms with Crippen molar-refractivity contribution in [3.8, 4) is 0 Å². The van der Waals surface area contributed by atoms with Crippen LogP contribution in [0.2, 0.25) is 5.02 Å². The summed E-state index contributed by atoms with van der Waals surface area (Å²) in [5, 5.41) is 1.76. The van der Waals surface area contributed by atoms with Crippen LogP contribution in [0.15, 0.2) is 54.7 Å². The Kier molecular flexibility index (Phi) is 4.70. The van der Waals surface area contributed by atoms with Crippen LogP contribution in [0.4, 0.5) is 5.69 Å². The van der Waals surface area contributed by atoms with Crippen molar-refractivity contribution in [2.45, 2.75) is 13.0 Å². The van der Waals surface area contributed by atoms with E-state index in [-0.39, 0.29) is 11.8 Å². The highest BCUT2D eigenvalue weighted by Crippen LogP contribution is 2.23. The smallest absolute Gasteiger partial charge is 0.181 e. The van der Waals surface area contributed by atoms with Gasteiger partial charge in [-0.1, -0.05) is 35.9 Å². The lowest BCUT2D eigenvalue weighted by Crippen LogP contribution is -2.51. The van der Waals surface area contributed by atoms with Crippen LogP contribution in [0, 0.1) is 0 Å². The predicted molar refractivity (Wildman–Crippen MR) is 107 cm³/mol. The maximum Gasteiger partial charge on any atom is 0.181 e. The maximum absolute atomic E-state index is 13.0. The van der Waals surface area contributed by atoms with E-state index in [1.807, 2.05) is 55.6 Å². The zero-order valence-electron chi connectivity index (χ0n) is 14.8. The third kappa shape index (κ3) is 3.22. The number of fused-ring (bicyclic) bond motifs is 1. The molecule has 1 N–H and O–H groups in total. The standard InChI is InChI=1S/C21H22ClN3O/c1-15(21(26)19-14-23-20-8-3-2-7-18(19)20)24-9-11-25(12-10-24)17-6-4-5-16(22)13-17/h2-8,13-15,23H,9-12H2,1H3/t15-/m1/s1. The van der Waals surface area contributed by atoms with Crippen molar-refractivity contribution < 1.29 is 4.79 Å². The summed E-state index contributed by atoms with van der Waals surface area (Å²) in [4.78, 5) is 20.8. The summed E-state index contributed by atoms with van der Waals surface area (Å²) in [5.74, 6) is 0.179. The van der Waals surface area contributed by atoms with Crippen LogP contribution in [0.25, 0.3) is 10.9 Å².